The summed E-state index contributed by atoms with van der Waals surface area (Å²) in [5.74, 6) is -0.865. The summed E-state index contributed by atoms with van der Waals surface area (Å²) in [7, 11) is 1.77. The Balaban J connectivity index is 2.10. The molecule has 6 nitrogen and oxygen atoms in total. The monoisotopic (exact) mass is 283 g/mol. The molecule has 2 heterocycles. The minimum atomic E-state index is -1.02. The summed E-state index contributed by atoms with van der Waals surface area (Å²) in [4.78, 5) is 28.9. The van der Waals surface area contributed by atoms with Crippen LogP contribution in [-0.2, 0) is 15.0 Å². The molecule has 1 saturated heterocycles. The van der Waals surface area contributed by atoms with E-state index in [1.165, 1.54) is 11.3 Å². The van der Waals surface area contributed by atoms with Gasteiger partial charge in [-0.05, 0) is 20.3 Å². The Morgan fingerprint density at radius 2 is 2.32 bits per heavy atom. The largest absolute Gasteiger partial charge is 0.481 e. The molecule has 1 atom stereocenters. The predicted molar refractivity (Wildman–Crippen MR) is 72.4 cm³/mol. The van der Waals surface area contributed by atoms with Crippen LogP contribution < -0.4 is 5.32 Å². The van der Waals surface area contributed by atoms with Gasteiger partial charge in [-0.25, -0.2) is 4.98 Å². The van der Waals surface area contributed by atoms with Crippen LogP contribution in [0.1, 0.15) is 26.0 Å². The maximum Gasteiger partial charge on any atom is 0.315 e. The number of likely N-dealkylation sites (tertiary alicyclic amines) is 1. The van der Waals surface area contributed by atoms with Gasteiger partial charge in [-0.1, -0.05) is 0 Å². The van der Waals surface area contributed by atoms with E-state index in [0.717, 1.165) is 13.0 Å². The molecule has 0 radical (unpaired) electrons. The van der Waals surface area contributed by atoms with E-state index >= 15 is 0 Å². The highest BCUT2D eigenvalue weighted by Crippen LogP contribution is 2.28. The van der Waals surface area contributed by atoms with Crippen molar-refractivity contribution in [1.82, 2.24) is 9.88 Å². The van der Waals surface area contributed by atoms with E-state index in [-0.39, 0.29) is 11.9 Å². The summed E-state index contributed by atoms with van der Waals surface area (Å²) in [5.41, 5.74) is -0.515. The van der Waals surface area contributed by atoms with Crippen LogP contribution in [0.15, 0.2) is 5.38 Å². The first-order valence-electron chi connectivity index (χ1n) is 6.03. The number of carboxylic acids is 1. The van der Waals surface area contributed by atoms with Gasteiger partial charge in [0.1, 0.15) is 11.5 Å². The number of carbonyl (C=O) groups is 2. The van der Waals surface area contributed by atoms with Gasteiger partial charge in [-0.3, -0.25) is 9.59 Å². The van der Waals surface area contributed by atoms with Gasteiger partial charge < -0.3 is 15.3 Å². The van der Waals surface area contributed by atoms with E-state index in [4.69, 9.17) is 5.11 Å². The van der Waals surface area contributed by atoms with Crippen molar-refractivity contribution in [3.8, 4) is 0 Å². The lowest BCUT2D eigenvalue weighted by molar-refractivity contribution is -0.142. The van der Waals surface area contributed by atoms with Crippen LogP contribution in [-0.4, -0.2) is 46.5 Å². The van der Waals surface area contributed by atoms with Crippen LogP contribution >= 0.6 is 11.3 Å². The summed E-state index contributed by atoms with van der Waals surface area (Å²) in [5, 5.41) is 14.5. The first-order valence-corrected chi connectivity index (χ1v) is 6.91. The predicted octanol–water partition coefficient (Wildman–Crippen LogP) is 1.15. The Morgan fingerprint density at radius 3 is 2.84 bits per heavy atom. The fourth-order valence-electron chi connectivity index (χ4n) is 1.84. The Bertz CT molecular complexity index is 512. The van der Waals surface area contributed by atoms with Crippen molar-refractivity contribution in [3.05, 3.63) is 11.1 Å². The number of hydrogen-bond donors (Lipinski definition) is 2. The SMILES string of the molecule is CN1CCC(Nc2nc(C(C)(C)C(=O)O)cs2)C1=O. The third-order valence-electron chi connectivity index (χ3n) is 3.40. The zero-order valence-electron chi connectivity index (χ0n) is 11.1. The molecule has 0 saturated carbocycles. The van der Waals surface area contributed by atoms with Crippen molar-refractivity contribution in [1.29, 1.82) is 0 Å². The van der Waals surface area contributed by atoms with Crippen LogP contribution in [0.5, 0.6) is 0 Å². The average molecular weight is 283 g/mol. The number of likely N-dealkylation sites (N-methyl/N-ethyl adjacent to an activating group) is 1. The molecule has 1 aromatic rings. The van der Waals surface area contributed by atoms with Crippen molar-refractivity contribution in [3.63, 3.8) is 0 Å². The molecule has 104 valence electrons. The number of carbonyl (C=O) groups excluding carboxylic acids is 1. The van der Waals surface area contributed by atoms with Gasteiger partial charge in [0.15, 0.2) is 5.13 Å². The molecule has 1 amide bonds. The number of thiazole rings is 1. The Labute approximate surface area is 115 Å². The number of amides is 1. The second-order valence-electron chi connectivity index (χ2n) is 5.21. The highest BCUT2D eigenvalue weighted by atomic mass is 32.1. The number of hydrogen-bond acceptors (Lipinski definition) is 5. The topological polar surface area (TPSA) is 82.5 Å². The summed E-state index contributed by atoms with van der Waals surface area (Å²) < 4.78 is 0. The zero-order valence-corrected chi connectivity index (χ0v) is 12.0. The second-order valence-corrected chi connectivity index (χ2v) is 6.07. The standard InChI is InChI=1S/C12H17N3O3S/c1-12(2,10(17)18)8-6-19-11(14-8)13-7-4-5-15(3)9(7)16/h6-7H,4-5H2,1-3H3,(H,13,14)(H,17,18). The van der Waals surface area contributed by atoms with E-state index in [1.807, 2.05) is 0 Å². The van der Waals surface area contributed by atoms with Gasteiger partial charge in [0.2, 0.25) is 5.91 Å². The Morgan fingerprint density at radius 1 is 1.63 bits per heavy atom. The quantitative estimate of drug-likeness (QED) is 0.866. The number of aromatic nitrogens is 1. The van der Waals surface area contributed by atoms with Crippen LogP contribution in [0.4, 0.5) is 5.13 Å². The molecule has 0 aromatic carbocycles. The van der Waals surface area contributed by atoms with E-state index in [9.17, 15) is 9.59 Å². The minimum Gasteiger partial charge on any atom is -0.481 e. The normalized spacial score (nSPS) is 19.8. The van der Waals surface area contributed by atoms with E-state index in [0.29, 0.717) is 10.8 Å². The molecule has 7 heteroatoms. The van der Waals surface area contributed by atoms with Crippen molar-refractivity contribution in [2.75, 3.05) is 18.9 Å². The van der Waals surface area contributed by atoms with Gasteiger partial charge in [0.25, 0.3) is 0 Å². The third-order valence-corrected chi connectivity index (χ3v) is 4.18. The van der Waals surface area contributed by atoms with Gasteiger partial charge in [-0.2, -0.15) is 0 Å². The lowest BCUT2D eigenvalue weighted by Gasteiger charge is -2.16. The number of anilines is 1. The van der Waals surface area contributed by atoms with Gasteiger partial charge in [0, 0.05) is 19.0 Å². The van der Waals surface area contributed by atoms with Crippen LogP contribution in [0.3, 0.4) is 0 Å². The van der Waals surface area contributed by atoms with Crippen molar-refractivity contribution in [2.24, 2.45) is 0 Å². The third kappa shape index (κ3) is 2.56. The molecular weight excluding hydrogens is 266 g/mol. The maximum atomic E-state index is 11.8. The number of nitrogens with one attached hydrogen (secondary N) is 1. The first-order chi connectivity index (χ1) is 8.82. The molecule has 1 aliphatic rings. The second kappa shape index (κ2) is 4.80. The Hall–Kier alpha value is -1.63. The molecule has 1 aromatic heterocycles. The summed E-state index contributed by atoms with van der Waals surface area (Å²) >= 11 is 1.33. The molecule has 0 bridgehead atoms. The number of rotatable bonds is 4. The lowest BCUT2D eigenvalue weighted by atomic mass is 9.90. The first kappa shape index (κ1) is 13.8. The molecule has 1 aliphatic heterocycles. The molecule has 19 heavy (non-hydrogen) atoms. The van der Waals surface area contributed by atoms with Crippen molar-refractivity contribution >= 4 is 28.3 Å². The number of aliphatic carboxylic acids is 1. The smallest absolute Gasteiger partial charge is 0.315 e. The minimum absolute atomic E-state index is 0.0502. The number of nitrogens with zero attached hydrogens (tertiary/aromatic N) is 2. The van der Waals surface area contributed by atoms with Crippen LogP contribution in [0, 0.1) is 0 Å². The number of carboxylic acid groups (broad SMARTS) is 1. The van der Waals surface area contributed by atoms with Crippen LogP contribution in [0.25, 0.3) is 0 Å². The maximum absolute atomic E-state index is 11.8. The summed E-state index contributed by atoms with van der Waals surface area (Å²) in [6.07, 6.45) is 0.743. The van der Waals surface area contributed by atoms with Crippen molar-refractivity contribution < 1.29 is 14.7 Å². The molecular formula is C12H17N3O3S. The Kier molecular flexibility index (Phi) is 3.49. The molecule has 2 N–H and O–H groups in total. The molecule has 1 unspecified atom stereocenters. The fourth-order valence-corrected chi connectivity index (χ4v) is 2.77. The van der Waals surface area contributed by atoms with E-state index in [2.05, 4.69) is 10.3 Å². The van der Waals surface area contributed by atoms with Gasteiger partial charge in [0.05, 0.1) is 5.69 Å². The van der Waals surface area contributed by atoms with Crippen molar-refractivity contribution in [2.45, 2.75) is 31.7 Å². The summed E-state index contributed by atoms with van der Waals surface area (Å²) in [6, 6.07) is -0.253. The zero-order chi connectivity index (χ0) is 14.2. The van der Waals surface area contributed by atoms with E-state index in [1.54, 1.807) is 31.2 Å². The molecule has 2 rings (SSSR count). The molecule has 1 fully saturated rings. The highest BCUT2D eigenvalue weighted by Gasteiger charge is 2.33. The fraction of sp³-hybridized carbons (Fsp3) is 0.583. The average Bonchev–Trinajstić information content (AvgIpc) is 2.92. The highest BCUT2D eigenvalue weighted by molar-refractivity contribution is 7.13. The lowest BCUT2D eigenvalue weighted by Crippen LogP contribution is -2.31. The molecule has 0 aliphatic carbocycles. The van der Waals surface area contributed by atoms with Gasteiger partial charge in [-0.15, -0.1) is 11.3 Å². The van der Waals surface area contributed by atoms with Gasteiger partial charge >= 0.3 is 5.97 Å². The van der Waals surface area contributed by atoms with Crippen LogP contribution in [0.2, 0.25) is 0 Å². The van der Waals surface area contributed by atoms with E-state index < -0.39 is 11.4 Å². The summed E-state index contributed by atoms with van der Waals surface area (Å²) in [6.45, 7) is 3.96. The molecule has 0 spiro atoms.